The number of aromatic nitrogens is 5. The van der Waals surface area contributed by atoms with Crippen molar-refractivity contribution in [3.63, 3.8) is 0 Å². The van der Waals surface area contributed by atoms with E-state index in [4.69, 9.17) is 0 Å². The molecular formula is C13H10F3N5O. The number of alkyl halides is 3. The summed E-state index contributed by atoms with van der Waals surface area (Å²) >= 11 is 0. The Morgan fingerprint density at radius 3 is 2.59 bits per heavy atom. The van der Waals surface area contributed by atoms with Crippen LogP contribution in [0.1, 0.15) is 17.3 Å². The van der Waals surface area contributed by atoms with Crippen molar-refractivity contribution in [3.05, 3.63) is 48.1 Å². The summed E-state index contributed by atoms with van der Waals surface area (Å²) in [6.07, 6.45) is 0.163. The van der Waals surface area contributed by atoms with Crippen molar-refractivity contribution in [1.82, 2.24) is 24.7 Å². The maximum Gasteiger partial charge on any atom is 0.471 e. The number of pyridine rings is 1. The number of hydrogen-bond donors (Lipinski definition) is 0. The van der Waals surface area contributed by atoms with Gasteiger partial charge in [-0.3, -0.25) is 4.98 Å². The van der Waals surface area contributed by atoms with Crippen molar-refractivity contribution in [2.45, 2.75) is 19.6 Å². The first-order valence-corrected chi connectivity index (χ1v) is 6.26. The first-order valence-electron chi connectivity index (χ1n) is 6.26. The van der Waals surface area contributed by atoms with Crippen molar-refractivity contribution in [2.75, 3.05) is 0 Å². The smallest absolute Gasteiger partial charge is 0.329 e. The summed E-state index contributed by atoms with van der Waals surface area (Å²) in [6, 6.07) is 3.29. The van der Waals surface area contributed by atoms with Gasteiger partial charge < -0.3 is 9.09 Å². The Bertz CT molecular complexity index is 776. The molecule has 0 aromatic carbocycles. The van der Waals surface area contributed by atoms with E-state index in [2.05, 4.69) is 24.6 Å². The van der Waals surface area contributed by atoms with Gasteiger partial charge in [-0.05, 0) is 19.1 Å². The van der Waals surface area contributed by atoms with Crippen molar-refractivity contribution >= 4 is 0 Å². The fourth-order valence-corrected chi connectivity index (χ4v) is 1.83. The van der Waals surface area contributed by atoms with Gasteiger partial charge in [0.2, 0.25) is 5.82 Å². The molecule has 0 fully saturated rings. The molecule has 0 saturated carbocycles. The van der Waals surface area contributed by atoms with Crippen molar-refractivity contribution in [3.8, 4) is 11.4 Å². The molecule has 0 aliphatic heterocycles. The third-order valence-electron chi connectivity index (χ3n) is 3.00. The molecule has 0 amide bonds. The van der Waals surface area contributed by atoms with E-state index in [9.17, 15) is 13.2 Å². The second-order valence-electron chi connectivity index (χ2n) is 4.62. The zero-order valence-corrected chi connectivity index (χ0v) is 11.4. The summed E-state index contributed by atoms with van der Waals surface area (Å²) in [5.74, 6) is -1.52. The number of hydrogen-bond acceptors (Lipinski definition) is 5. The van der Waals surface area contributed by atoms with E-state index in [0.717, 1.165) is 11.4 Å². The normalized spacial score (nSPS) is 11.8. The molecule has 3 aromatic heterocycles. The molecule has 0 aliphatic rings. The van der Waals surface area contributed by atoms with Gasteiger partial charge >= 0.3 is 12.1 Å². The Kier molecular flexibility index (Phi) is 3.39. The lowest BCUT2D eigenvalue weighted by atomic mass is 10.2. The molecule has 114 valence electrons. The molecule has 0 spiro atoms. The van der Waals surface area contributed by atoms with Crippen LogP contribution in [-0.4, -0.2) is 24.7 Å². The SMILES string of the molecule is Cc1cncn1Cc1ccc(-c2noc(C(F)(F)F)n2)cn1. The van der Waals surface area contributed by atoms with Crippen LogP contribution in [-0.2, 0) is 12.7 Å². The quantitative estimate of drug-likeness (QED) is 0.744. The second-order valence-corrected chi connectivity index (χ2v) is 4.62. The first-order chi connectivity index (χ1) is 10.4. The Balaban J connectivity index is 1.79. The average molecular weight is 309 g/mol. The summed E-state index contributed by atoms with van der Waals surface area (Å²) < 4.78 is 43.3. The molecule has 3 rings (SSSR count). The molecule has 0 radical (unpaired) electrons. The van der Waals surface area contributed by atoms with E-state index in [1.807, 2.05) is 11.5 Å². The number of aryl methyl sites for hydroxylation is 1. The van der Waals surface area contributed by atoms with Crippen molar-refractivity contribution < 1.29 is 17.7 Å². The summed E-state index contributed by atoms with van der Waals surface area (Å²) in [6.45, 7) is 2.44. The van der Waals surface area contributed by atoms with Gasteiger partial charge in [0.1, 0.15) is 0 Å². The van der Waals surface area contributed by atoms with Gasteiger partial charge in [-0.1, -0.05) is 5.16 Å². The Morgan fingerprint density at radius 1 is 1.23 bits per heavy atom. The maximum atomic E-state index is 12.4. The Morgan fingerprint density at radius 2 is 2.05 bits per heavy atom. The van der Waals surface area contributed by atoms with Gasteiger partial charge in [0.05, 0.1) is 18.6 Å². The molecular weight excluding hydrogens is 299 g/mol. The molecule has 0 atom stereocenters. The van der Waals surface area contributed by atoms with Crippen LogP contribution in [0.15, 0.2) is 35.4 Å². The first kappa shape index (κ1) is 14.2. The van der Waals surface area contributed by atoms with Crippen LogP contribution in [0.25, 0.3) is 11.4 Å². The fourth-order valence-electron chi connectivity index (χ4n) is 1.83. The number of halogens is 3. The number of rotatable bonds is 3. The molecule has 0 N–H and O–H groups in total. The predicted molar refractivity (Wildman–Crippen MR) is 68.6 cm³/mol. The Labute approximate surface area is 122 Å². The monoisotopic (exact) mass is 309 g/mol. The molecule has 0 aliphatic carbocycles. The topological polar surface area (TPSA) is 69.6 Å². The van der Waals surface area contributed by atoms with E-state index < -0.39 is 12.1 Å². The van der Waals surface area contributed by atoms with Crippen LogP contribution in [0.4, 0.5) is 13.2 Å². The van der Waals surface area contributed by atoms with Gasteiger partial charge in [0.15, 0.2) is 0 Å². The number of nitrogens with zero attached hydrogens (tertiary/aromatic N) is 5. The lowest BCUT2D eigenvalue weighted by Crippen LogP contribution is -2.05. The summed E-state index contributed by atoms with van der Waals surface area (Å²) in [4.78, 5) is 11.5. The average Bonchev–Trinajstić information content (AvgIpc) is 3.09. The van der Waals surface area contributed by atoms with Crippen LogP contribution < -0.4 is 0 Å². The van der Waals surface area contributed by atoms with Gasteiger partial charge in [0.25, 0.3) is 0 Å². The standard InChI is InChI=1S/C13H10F3N5O/c1-8-4-17-7-21(8)6-10-3-2-9(5-18-10)11-19-12(22-20-11)13(14,15)16/h2-5,7H,6H2,1H3. The molecule has 0 saturated heterocycles. The zero-order valence-electron chi connectivity index (χ0n) is 11.4. The lowest BCUT2D eigenvalue weighted by molar-refractivity contribution is -0.159. The van der Waals surface area contributed by atoms with E-state index in [-0.39, 0.29) is 5.82 Å². The highest BCUT2D eigenvalue weighted by molar-refractivity contribution is 5.52. The van der Waals surface area contributed by atoms with E-state index in [1.165, 1.54) is 6.20 Å². The van der Waals surface area contributed by atoms with E-state index >= 15 is 0 Å². The lowest BCUT2D eigenvalue weighted by Gasteiger charge is -2.04. The largest absolute Gasteiger partial charge is 0.471 e. The van der Waals surface area contributed by atoms with Gasteiger partial charge in [0, 0.05) is 23.7 Å². The highest BCUT2D eigenvalue weighted by atomic mass is 19.4. The van der Waals surface area contributed by atoms with Gasteiger partial charge in [-0.25, -0.2) is 4.98 Å². The zero-order chi connectivity index (χ0) is 15.7. The summed E-state index contributed by atoms with van der Waals surface area (Å²) in [5.41, 5.74) is 2.08. The summed E-state index contributed by atoms with van der Waals surface area (Å²) in [7, 11) is 0. The molecule has 6 nitrogen and oxygen atoms in total. The highest BCUT2D eigenvalue weighted by Crippen LogP contribution is 2.29. The third-order valence-corrected chi connectivity index (χ3v) is 3.00. The van der Waals surface area contributed by atoms with Crippen LogP contribution >= 0.6 is 0 Å². The van der Waals surface area contributed by atoms with E-state index in [0.29, 0.717) is 12.1 Å². The van der Waals surface area contributed by atoms with Crippen molar-refractivity contribution in [2.24, 2.45) is 0 Å². The molecule has 22 heavy (non-hydrogen) atoms. The van der Waals surface area contributed by atoms with Gasteiger partial charge in [-0.15, -0.1) is 0 Å². The summed E-state index contributed by atoms with van der Waals surface area (Å²) in [5, 5.41) is 3.31. The second kappa shape index (κ2) is 5.24. The Hall–Kier alpha value is -2.71. The molecule has 0 bridgehead atoms. The fraction of sp³-hybridized carbons (Fsp3) is 0.231. The molecule has 3 heterocycles. The van der Waals surface area contributed by atoms with Crippen molar-refractivity contribution in [1.29, 1.82) is 0 Å². The molecule has 9 heteroatoms. The highest BCUT2D eigenvalue weighted by Gasteiger charge is 2.38. The number of imidazole rings is 1. The molecule has 3 aromatic rings. The molecule has 0 unspecified atom stereocenters. The minimum absolute atomic E-state index is 0.148. The van der Waals surface area contributed by atoms with Crippen LogP contribution in [0.3, 0.4) is 0 Å². The van der Waals surface area contributed by atoms with Crippen LogP contribution in [0.5, 0.6) is 0 Å². The minimum Gasteiger partial charge on any atom is -0.329 e. The third kappa shape index (κ3) is 2.83. The van der Waals surface area contributed by atoms with E-state index in [1.54, 1.807) is 24.7 Å². The minimum atomic E-state index is -4.66. The van der Waals surface area contributed by atoms with Gasteiger partial charge in [-0.2, -0.15) is 18.2 Å². The van der Waals surface area contributed by atoms with Crippen LogP contribution in [0.2, 0.25) is 0 Å². The van der Waals surface area contributed by atoms with Crippen LogP contribution in [0, 0.1) is 6.92 Å². The maximum absolute atomic E-state index is 12.4. The predicted octanol–water partition coefficient (Wildman–Crippen LogP) is 2.70.